The first-order valence-corrected chi connectivity index (χ1v) is 5.42. The second-order valence-corrected chi connectivity index (χ2v) is 5.32. The van der Waals surface area contributed by atoms with E-state index < -0.39 is 0 Å². The van der Waals surface area contributed by atoms with Crippen LogP contribution in [0.5, 0.6) is 0 Å². The number of rotatable bonds is 0. The van der Waals surface area contributed by atoms with Crippen LogP contribution in [-0.4, -0.2) is 12.5 Å². The van der Waals surface area contributed by atoms with E-state index in [0.29, 0.717) is 5.41 Å². The van der Waals surface area contributed by atoms with E-state index in [4.69, 9.17) is 0 Å². The van der Waals surface area contributed by atoms with E-state index in [-0.39, 0.29) is 5.91 Å². The summed E-state index contributed by atoms with van der Waals surface area (Å²) >= 11 is 1.80. The number of hydrogen-bond acceptors (Lipinski definition) is 2. The van der Waals surface area contributed by atoms with Gasteiger partial charge in [0.15, 0.2) is 0 Å². The molecule has 2 heterocycles. The molecule has 1 aliphatic carbocycles. The molecule has 2 nitrogen and oxygen atoms in total. The summed E-state index contributed by atoms with van der Waals surface area (Å²) in [6.45, 7) is 2.94. The van der Waals surface area contributed by atoms with E-state index in [9.17, 15) is 4.79 Å². The number of fused-ring (bicyclic) bond motifs is 2. The summed E-state index contributed by atoms with van der Waals surface area (Å²) in [6, 6.07) is 2.02. The highest BCUT2D eigenvalue weighted by Crippen LogP contribution is 2.53. The molecule has 0 saturated heterocycles. The second-order valence-electron chi connectivity index (χ2n) is 4.06. The lowest BCUT2D eigenvalue weighted by molar-refractivity contribution is 0.0939. The van der Waals surface area contributed by atoms with Gasteiger partial charge in [0.25, 0.3) is 5.91 Å². The van der Waals surface area contributed by atoms with Crippen LogP contribution in [0.25, 0.3) is 0 Å². The van der Waals surface area contributed by atoms with Gasteiger partial charge in [-0.1, -0.05) is 0 Å². The zero-order valence-corrected chi connectivity index (χ0v) is 8.33. The lowest BCUT2D eigenvalue weighted by atomic mass is 9.97. The van der Waals surface area contributed by atoms with E-state index in [1.54, 1.807) is 11.3 Å². The van der Waals surface area contributed by atoms with Gasteiger partial charge in [-0.25, -0.2) is 0 Å². The number of carbonyl (C=O) groups is 1. The molecule has 1 spiro atoms. The van der Waals surface area contributed by atoms with Gasteiger partial charge in [0.2, 0.25) is 0 Å². The fourth-order valence-electron chi connectivity index (χ4n) is 2.06. The molecule has 1 amide bonds. The average molecular weight is 193 g/mol. The highest BCUT2D eigenvalue weighted by atomic mass is 32.1. The maximum absolute atomic E-state index is 11.5. The molecule has 68 valence electrons. The molecule has 0 radical (unpaired) electrons. The van der Waals surface area contributed by atoms with Crippen molar-refractivity contribution in [3.05, 3.63) is 21.4 Å². The van der Waals surface area contributed by atoms with Gasteiger partial charge in [-0.2, -0.15) is 0 Å². The predicted molar refractivity (Wildman–Crippen MR) is 52.3 cm³/mol. The van der Waals surface area contributed by atoms with Gasteiger partial charge in [-0.05, 0) is 25.8 Å². The molecule has 0 atom stereocenters. The molecule has 1 fully saturated rings. The van der Waals surface area contributed by atoms with Gasteiger partial charge in [0.1, 0.15) is 0 Å². The van der Waals surface area contributed by atoms with Crippen molar-refractivity contribution >= 4 is 17.2 Å². The summed E-state index contributed by atoms with van der Waals surface area (Å²) in [5.74, 6) is 0.122. The molecule has 0 aromatic carbocycles. The minimum Gasteiger partial charge on any atom is -0.351 e. The Labute approximate surface area is 81.0 Å². The third-order valence-corrected chi connectivity index (χ3v) is 4.32. The molecule has 2 aliphatic rings. The van der Waals surface area contributed by atoms with Crippen LogP contribution < -0.4 is 5.32 Å². The van der Waals surface area contributed by atoms with Crippen LogP contribution in [0.3, 0.4) is 0 Å². The smallest absolute Gasteiger partial charge is 0.252 e. The zero-order valence-electron chi connectivity index (χ0n) is 7.52. The van der Waals surface area contributed by atoms with Gasteiger partial charge in [0, 0.05) is 21.7 Å². The molecule has 3 rings (SSSR count). The molecular formula is C10H11NOS. The number of aryl methyl sites for hydroxylation is 1. The van der Waals surface area contributed by atoms with Crippen molar-refractivity contribution in [1.29, 1.82) is 0 Å². The average Bonchev–Trinajstić information content (AvgIpc) is 2.76. The standard InChI is InChI=1S/C10H11NOS/c1-6-4-7-8(13-6)10(2-3-10)5-11-9(7)12/h4H,2-3,5H2,1H3,(H,11,12). The Morgan fingerprint density at radius 1 is 1.54 bits per heavy atom. The minimum absolute atomic E-state index is 0.122. The molecule has 1 aromatic heterocycles. The number of nitrogens with one attached hydrogen (secondary N) is 1. The van der Waals surface area contributed by atoms with Gasteiger partial charge in [-0.3, -0.25) is 4.79 Å². The fourth-order valence-corrected chi connectivity index (χ4v) is 3.31. The quantitative estimate of drug-likeness (QED) is 0.669. The van der Waals surface area contributed by atoms with Crippen molar-refractivity contribution in [3.8, 4) is 0 Å². The summed E-state index contributed by atoms with van der Waals surface area (Å²) in [5.41, 5.74) is 1.29. The number of thiophene rings is 1. The molecule has 3 heteroatoms. The van der Waals surface area contributed by atoms with Crippen molar-refractivity contribution in [2.45, 2.75) is 25.2 Å². The van der Waals surface area contributed by atoms with E-state index >= 15 is 0 Å². The Balaban J connectivity index is 2.21. The molecule has 0 bridgehead atoms. The summed E-state index contributed by atoms with van der Waals surface area (Å²) in [5, 5.41) is 2.97. The zero-order chi connectivity index (χ0) is 9.05. The van der Waals surface area contributed by atoms with Gasteiger partial charge in [-0.15, -0.1) is 11.3 Å². The summed E-state index contributed by atoms with van der Waals surface area (Å²) in [4.78, 5) is 14.1. The third kappa shape index (κ3) is 0.908. The number of amides is 1. The summed E-state index contributed by atoms with van der Waals surface area (Å²) in [7, 11) is 0. The van der Waals surface area contributed by atoms with Gasteiger partial charge >= 0.3 is 0 Å². The summed E-state index contributed by atoms with van der Waals surface area (Å²) < 4.78 is 0. The van der Waals surface area contributed by atoms with Crippen molar-refractivity contribution in [2.75, 3.05) is 6.54 Å². The Bertz CT molecular complexity index is 390. The van der Waals surface area contributed by atoms with E-state index in [2.05, 4.69) is 12.2 Å². The molecular weight excluding hydrogens is 182 g/mol. The first-order valence-electron chi connectivity index (χ1n) is 4.60. The molecule has 1 saturated carbocycles. The lowest BCUT2D eigenvalue weighted by Gasteiger charge is -2.21. The first-order chi connectivity index (χ1) is 6.21. The molecule has 1 aliphatic heterocycles. The van der Waals surface area contributed by atoms with Crippen molar-refractivity contribution in [3.63, 3.8) is 0 Å². The van der Waals surface area contributed by atoms with Crippen LogP contribution in [0.15, 0.2) is 6.07 Å². The molecule has 1 N–H and O–H groups in total. The van der Waals surface area contributed by atoms with Crippen LogP contribution in [-0.2, 0) is 5.41 Å². The van der Waals surface area contributed by atoms with Crippen LogP contribution >= 0.6 is 11.3 Å². The lowest BCUT2D eigenvalue weighted by Crippen LogP contribution is -2.37. The second kappa shape index (κ2) is 2.15. The highest BCUT2D eigenvalue weighted by molar-refractivity contribution is 7.12. The third-order valence-electron chi connectivity index (χ3n) is 3.02. The summed E-state index contributed by atoms with van der Waals surface area (Å²) in [6.07, 6.45) is 2.50. The maximum atomic E-state index is 11.5. The normalized spacial score (nSPS) is 22.7. The van der Waals surface area contributed by atoms with Crippen molar-refractivity contribution in [2.24, 2.45) is 0 Å². The fraction of sp³-hybridized carbons (Fsp3) is 0.500. The SMILES string of the molecule is Cc1cc2c(s1)C1(CC1)CNC2=O. The molecule has 0 unspecified atom stereocenters. The topological polar surface area (TPSA) is 29.1 Å². The monoisotopic (exact) mass is 193 g/mol. The van der Waals surface area contributed by atoms with Crippen LogP contribution in [0.4, 0.5) is 0 Å². The largest absolute Gasteiger partial charge is 0.351 e. The Hall–Kier alpha value is -0.830. The van der Waals surface area contributed by atoms with Crippen LogP contribution in [0, 0.1) is 6.92 Å². The van der Waals surface area contributed by atoms with E-state index in [1.165, 1.54) is 22.6 Å². The van der Waals surface area contributed by atoms with Crippen molar-refractivity contribution in [1.82, 2.24) is 5.32 Å². The Morgan fingerprint density at radius 3 is 3.00 bits per heavy atom. The first kappa shape index (κ1) is 7.56. The Morgan fingerprint density at radius 2 is 2.31 bits per heavy atom. The van der Waals surface area contributed by atoms with E-state index in [0.717, 1.165) is 12.1 Å². The van der Waals surface area contributed by atoms with Crippen molar-refractivity contribution < 1.29 is 4.79 Å². The minimum atomic E-state index is 0.122. The maximum Gasteiger partial charge on any atom is 0.252 e. The van der Waals surface area contributed by atoms with Gasteiger partial charge < -0.3 is 5.32 Å². The number of carbonyl (C=O) groups excluding carboxylic acids is 1. The van der Waals surface area contributed by atoms with E-state index in [1.807, 2.05) is 6.07 Å². The van der Waals surface area contributed by atoms with Gasteiger partial charge in [0.05, 0.1) is 5.56 Å². The Kier molecular flexibility index (Phi) is 1.25. The highest BCUT2D eigenvalue weighted by Gasteiger charge is 2.50. The van der Waals surface area contributed by atoms with Crippen LogP contribution in [0.1, 0.15) is 33.0 Å². The molecule has 13 heavy (non-hydrogen) atoms. The predicted octanol–water partition coefficient (Wildman–Crippen LogP) is 1.83. The number of hydrogen-bond donors (Lipinski definition) is 1. The van der Waals surface area contributed by atoms with Crippen LogP contribution in [0.2, 0.25) is 0 Å². The molecule has 1 aromatic rings.